The van der Waals surface area contributed by atoms with Gasteiger partial charge in [0.2, 0.25) is 0 Å². The second-order valence-electron chi connectivity index (χ2n) is 6.09. The van der Waals surface area contributed by atoms with Crippen LogP contribution in [-0.2, 0) is 16.6 Å². The summed E-state index contributed by atoms with van der Waals surface area (Å²) in [6, 6.07) is 7.35. The summed E-state index contributed by atoms with van der Waals surface area (Å²) in [5, 5.41) is 0.219. The summed E-state index contributed by atoms with van der Waals surface area (Å²) in [6.45, 7) is 5.98. The molecule has 2 aromatic heterocycles. The fourth-order valence-electron chi connectivity index (χ4n) is 2.69. The van der Waals surface area contributed by atoms with Crippen LogP contribution in [0.25, 0.3) is 4.96 Å². The number of sulfonamides is 1. The van der Waals surface area contributed by atoms with Crippen LogP contribution in [0.1, 0.15) is 35.9 Å². The summed E-state index contributed by atoms with van der Waals surface area (Å²) in [5.41, 5.74) is 1.36. The molecule has 8 heteroatoms. The van der Waals surface area contributed by atoms with E-state index >= 15 is 0 Å². The Balaban J connectivity index is 1.99. The fraction of sp³-hybridized carbons (Fsp3) is 0.353. The van der Waals surface area contributed by atoms with Crippen molar-refractivity contribution in [2.24, 2.45) is 0 Å². The highest BCUT2D eigenvalue weighted by Crippen LogP contribution is 2.29. The van der Waals surface area contributed by atoms with Crippen molar-refractivity contribution < 1.29 is 13.2 Å². The maximum absolute atomic E-state index is 13.0. The number of hydrogen-bond donors (Lipinski definition) is 1. The number of nitrogens with one attached hydrogen (secondary N) is 1. The molecule has 6 nitrogen and oxygen atoms in total. The second-order valence-corrected chi connectivity index (χ2v) is 8.98. The van der Waals surface area contributed by atoms with Crippen molar-refractivity contribution in [3.8, 4) is 5.75 Å². The lowest BCUT2D eigenvalue weighted by atomic mass is 10.2. The molecule has 0 aliphatic carbocycles. The van der Waals surface area contributed by atoms with Crippen LogP contribution in [-0.4, -0.2) is 24.9 Å². The van der Waals surface area contributed by atoms with E-state index in [0.29, 0.717) is 16.4 Å². The van der Waals surface area contributed by atoms with Crippen molar-refractivity contribution >= 4 is 26.3 Å². The molecular formula is C17H21N3O3S2. The molecule has 0 amide bonds. The molecule has 1 N–H and O–H groups in total. The molecule has 0 radical (unpaired) electrons. The van der Waals surface area contributed by atoms with Crippen LogP contribution in [0.5, 0.6) is 5.75 Å². The van der Waals surface area contributed by atoms with Gasteiger partial charge < -0.3 is 4.74 Å². The molecular weight excluding hydrogens is 358 g/mol. The van der Waals surface area contributed by atoms with Gasteiger partial charge in [-0.15, -0.1) is 11.3 Å². The van der Waals surface area contributed by atoms with Gasteiger partial charge >= 0.3 is 0 Å². The zero-order valence-corrected chi connectivity index (χ0v) is 16.2. The van der Waals surface area contributed by atoms with Crippen LogP contribution >= 0.6 is 11.3 Å². The molecule has 3 rings (SSSR count). The summed E-state index contributed by atoms with van der Waals surface area (Å²) in [5.74, 6) is 0.657. The van der Waals surface area contributed by atoms with Crippen LogP contribution < -0.4 is 9.46 Å². The highest BCUT2D eigenvalue weighted by atomic mass is 32.2. The lowest BCUT2D eigenvalue weighted by Gasteiger charge is -2.11. The van der Waals surface area contributed by atoms with Crippen molar-refractivity contribution in [3.05, 3.63) is 46.6 Å². The first-order valence-corrected chi connectivity index (χ1v) is 10.2. The van der Waals surface area contributed by atoms with Crippen LogP contribution in [0.3, 0.4) is 0 Å². The van der Waals surface area contributed by atoms with Crippen molar-refractivity contribution in [1.29, 1.82) is 0 Å². The van der Waals surface area contributed by atoms with E-state index in [4.69, 9.17) is 4.74 Å². The van der Waals surface area contributed by atoms with Crippen LogP contribution in [0.2, 0.25) is 0 Å². The van der Waals surface area contributed by atoms with E-state index in [2.05, 4.69) is 9.71 Å². The Bertz CT molecular complexity index is 1000. The number of fused-ring (bicyclic) bond motifs is 1. The fourth-order valence-corrected chi connectivity index (χ4v) is 5.01. The topological polar surface area (TPSA) is 72.7 Å². The number of aromatic nitrogens is 2. The molecule has 134 valence electrons. The molecule has 0 saturated carbocycles. The third kappa shape index (κ3) is 3.42. The minimum Gasteiger partial charge on any atom is -0.496 e. The average Bonchev–Trinajstić information content (AvgIpc) is 3.09. The number of ether oxygens (including phenoxy) is 1. The zero-order valence-electron chi connectivity index (χ0n) is 14.6. The van der Waals surface area contributed by atoms with Gasteiger partial charge in [0.25, 0.3) is 10.0 Å². The molecule has 0 fully saturated rings. The molecule has 3 aromatic rings. The summed E-state index contributed by atoms with van der Waals surface area (Å²) >= 11 is 1.48. The van der Waals surface area contributed by atoms with Gasteiger partial charge in [-0.2, -0.15) is 0 Å². The summed E-state index contributed by atoms with van der Waals surface area (Å²) < 4.78 is 35.7. The number of imidazole rings is 1. The molecule has 2 heterocycles. The van der Waals surface area contributed by atoms with E-state index in [1.165, 1.54) is 11.3 Å². The van der Waals surface area contributed by atoms with Gasteiger partial charge in [-0.05, 0) is 18.9 Å². The Morgan fingerprint density at radius 3 is 2.72 bits per heavy atom. The Morgan fingerprint density at radius 2 is 2.04 bits per heavy atom. The van der Waals surface area contributed by atoms with E-state index in [1.54, 1.807) is 11.5 Å². The molecule has 0 unspecified atom stereocenters. The van der Waals surface area contributed by atoms with Gasteiger partial charge in [0.1, 0.15) is 5.75 Å². The smallest absolute Gasteiger partial charge is 0.258 e. The number of rotatable bonds is 6. The van der Waals surface area contributed by atoms with E-state index in [9.17, 15) is 8.42 Å². The quantitative estimate of drug-likeness (QED) is 0.713. The molecule has 0 bridgehead atoms. The molecule has 0 saturated heterocycles. The Hall–Kier alpha value is -1.90. The number of methoxy groups -OCH3 is 1. The minimum atomic E-state index is -3.73. The van der Waals surface area contributed by atoms with Gasteiger partial charge in [0.05, 0.1) is 12.8 Å². The summed E-state index contributed by atoms with van der Waals surface area (Å²) in [4.78, 5) is 6.23. The van der Waals surface area contributed by atoms with Crippen molar-refractivity contribution in [3.63, 3.8) is 0 Å². The predicted octanol–water partition coefficient (Wildman–Crippen LogP) is 3.31. The predicted molar refractivity (Wildman–Crippen MR) is 98.9 cm³/mol. The lowest BCUT2D eigenvalue weighted by Crippen LogP contribution is -2.26. The average molecular weight is 380 g/mol. The maximum Gasteiger partial charge on any atom is 0.258 e. The SMILES string of the molecule is COc1ccccc1CNS(=O)(=O)c1c(C(C)C)nc2sc(C)cn12. The first-order valence-electron chi connectivity index (χ1n) is 7.93. The van der Waals surface area contributed by atoms with E-state index in [0.717, 1.165) is 10.4 Å². The second kappa shape index (κ2) is 6.78. The van der Waals surface area contributed by atoms with Gasteiger partial charge in [0, 0.05) is 23.2 Å². The summed E-state index contributed by atoms with van der Waals surface area (Å²) in [6.07, 6.45) is 1.82. The normalized spacial score (nSPS) is 12.2. The zero-order chi connectivity index (χ0) is 18.2. The number of aryl methyl sites for hydroxylation is 1. The third-order valence-electron chi connectivity index (χ3n) is 3.87. The molecule has 0 aliphatic heterocycles. The van der Waals surface area contributed by atoms with Crippen molar-refractivity contribution in [1.82, 2.24) is 14.1 Å². The lowest BCUT2D eigenvalue weighted by molar-refractivity contribution is 0.409. The third-order valence-corrected chi connectivity index (χ3v) is 6.21. The van der Waals surface area contributed by atoms with Crippen LogP contribution in [0.15, 0.2) is 35.5 Å². The molecule has 0 aliphatic rings. The number of nitrogens with zero attached hydrogens (tertiary/aromatic N) is 2. The minimum absolute atomic E-state index is 0.00485. The molecule has 0 spiro atoms. The van der Waals surface area contributed by atoms with Gasteiger partial charge in [0.15, 0.2) is 9.99 Å². The van der Waals surface area contributed by atoms with E-state index in [1.807, 2.05) is 51.2 Å². The van der Waals surface area contributed by atoms with E-state index < -0.39 is 10.0 Å². The first-order chi connectivity index (χ1) is 11.8. The van der Waals surface area contributed by atoms with Crippen molar-refractivity contribution in [2.45, 2.75) is 38.3 Å². The van der Waals surface area contributed by atoms with Crippen LogP contribution in [0, 0.1) is 6.92 Å². The highest BCUT2D eigenvalue weighted by Gasteiger charge is 2.27. The van der Waals surface area contributed by atoms with Crippen molar-refractivity contribution in [2.75, 3.05) is 7.11 Å². The number of para-hydroxylation sites is 1. The van der Waals surface area contributed by atoms with Gasteiger partial charge in [-0.3, -0.25) is 4.40 Å². The molecule has 0 atom stereocenters. The van der Waals surface area contributed by atoms with Gasteiger partial charge in [-0.25, -0.2) is 18.1 Å². The number of benzene rings is 1. The summed E-state index contributed by atoms with van der Waals surface area (Å²) in [7, 11) is -2.16. The Labute approximate surface area is 151 Å². The number of thiazole rings is 1. The van der Waals surface area contributed by atoms with Crippen LogP contribution in [0.4, 0.5) is 0 Å². The first kappa shape index (κ1) is 17.9. The molecule has 25 heavy (non-hydrogen) atoms. The monoisotopic (exact) mass is 379 g/mol. The number of hydrogen-bond acceptors (Lipinski definition) is 5. The Kier molecular flexibility index (Phi) is 4.86. The molecule has 1 aromatic carbocycles. The highest BCUT2D eigenvalue weighted by molar-refractivity contribution is 7.89. The standard InChI is InChI=1S/C17H21N3O3S2/c1-11(2)15-16(20-10-12(3)24-17(20)19-15)25(21,22)18-9-13-7-5-6-8-14(13)23-4/h5-8,10-11,18H,9H2,1-4H3. The largest absolute Gasteiger partial charge is 0.496 e. The van der Waals surface area contributed by atoms with Gasteiger partial charge in [-0.1, -0.05) is 32.0 Å². The Morgan fingerprint density at radius 1 is 1.32 bits per heavy atom. The maximum atomic E-state index is 13.0. The van der Waals surface area contributed by atoms with E-state index in [-0.39, 0.29) is 17.5 Å².